The predicted octanol–water partition coefficient (Wildman–Crippen LogP) is -0.143. The van der Waals surface area contributed by atoms with Crippen LogP contribution in [0.4, 0.5) is 0 Å². The maximum absolute atomic E-state index is 11.5. The van der Waals surface area contributed by atoms with Gasteiger partial charge >= 0.3 is 0 Å². The highest BCUT2D eigenvalue weighted by atomic mass is 32.2. The minimum atomic E-state index is -2.76. The average molecular weight is 232 g/mol. The van der Waals surface area contributed by atoms with E-state index in [1.54, 1.807) is 0 Å². The third-order valence-electron chi connectivity index (χ3n) is 3.58. The molecule has 2 atom stereocenters. The van der Waals surface area contributed by atoms with E-state index in [2.05, 4.69) is 10.2 Å². The average Bonchev–Trinajstić information content (AvgIpc) is 2.64. The summed E-state index contributed by atoms with van der Waals surface area (Å²) in [6.45, 7) is 2.06. The SMILES string of the molecule is CNC1CCN(C2CCCS(=O)(=O)C2)C1. The Bertz CT molecular complexity index is 315. The summed E-state index contributed by atoms with van der Waals surface area (Å²) in [5.74, 6) is 0.774. The summed E-state index contributed by atoms with van der Waals surface area (Å²) in [4.78, 5) is 2.35. The molecule has 4 nitrogen and oxygen atoms in total. The predicted molar refractivity (Wildman–Crippen MR) is 60.7 cm³/mol. The third-order valence-corrected chi connectivity index (χ3v) is 5.39. The minimum Gasteiger partial charge on any atom is -0.316 e. The third kappa shape index (κ3) is 2.71. The lowest BCUT2D eigenvalue weighted by Gasteiger charge is -2.30. The van der Waals surface area contributed by atoms with Crippen molar-refractivity contribution in [1.82, 2.24) is 10.2 Å². The summed E-state index contributed by atoms with van der Waals surface area (Å²) in [6.07, 6.45) is 3.04. The number of hydrogen-bond donors (Lipinski definition) is 1. The normalized spacial score (nSPS) is 36.9. The topological polar surface area (TPSA) is 49.4 Å². The van der Waals surface area contributed by atoms with Gasteiger partial charge in [-0.1, -0.05) is 0 Å². The number of nitrogens with zero attached hydrogens (tertiary/aromatic N) is 1. The number of rotatable bonds is 2. The van der Waals surface area contributed by atoms with Crippen LogP contribution >= 0.6 is 0 Å². The van der Waals surface area contributed by atoms with Crippen LogP contribution in [0.1, 0.15) is 19.3 Å². The zero-order valence-corrected chi connectivity index (χ0v) is 10.1. The van der Waals surface area contributed by atoms with Crippen molar-refractivity contribution < 1.29 is 8.42 Å². The Morgan fingerprint density at radius 1 is 1.33 bits per heavy atom. The van der Waals surface area contributed by atoms with Crippen LogP contribution in [-0.2, 0) is 9.84 Å². The van der Waals surface area contributed by atoms with E-state index < -0.39 is 9.84 Å². The van der Waals surface area contributed by atoms with E-state index in [1.165, 1.54) is 0 Å². The van der Waals surface area contributed by atoms with Crippen molar-refractivity contribution in [3.8, 4) is 0 Å². The number of likely N-dealkylation sites (N-methyl/N-ethyl adjacent to an activating group) is 1. The Kier molecular flexibility index (Phi) is 3.33. The first-order chi connectivity index (χ1) is 7.11. The molecule has 0 aromatic carbocycles. The maximum Gasteiger partial charge on any atom is 0.151 e. The molecule has 2 aliphatic rings. The Hall–Kier alpha value is -0.130. The molecule has 2 aliphatic heterocycles. The van der Waals surface area contributed by atoms with Gasteiger partial charge in [0.2, 0.25) is 0 Å². The van der Waals surface area contributed by atoms with Crippen molar-refractivity contribution in [2.45, 2.75) is 31.3 Å². The smallest absolute Gasteiger partial charge is 0.151 e. The van der Waals surface area contributed by atoms with Crippen LogP contribution in [0.5, 0.6) is 0 Å². The van der Waals surface area contributed by atoms with Crippen molar-refractivity contribution in [2.24, 2.45) is 0 Å². The summed E-state index contributed by atoms with van der Waals surface area (Å²) < 4.78 is 23.1. The van der Waals surface area contributed by atoms with Crippen molar-refractivity contribution in [3.05, 3.63) is 0 Å². The molecule has 0 spiro atoms. The second-order valence-electron chi connectivity index (χ2n) is 4.68. The standard InChI is InChI=1S/C10H20N2O2S/c1-11-9-4-5-12(7-9)10-3-2-6-15(13,14)8-10/h9-11H,2-8H2,1H3. The summed E-state index contributed by atoms with van der Waals surface area (Å²) in [5, 5.41) is 3.26. The molecule has 1 N–H and O–H groups in total. The highest BCUT2D eigenvalue weighted by molar-refractivity contribution is 7.91. The zero-order chi connectivity index (χ0) is 10.9. The molecule has 0 aliphatic carbocycles. The van der Waals surface area contributed by atoms with Crippen molar-refractivity contribution in [3.63, 3.8) is 0 Å². The number of hydrogen-bond acceptors (Lipinski definition) is 4. The van der Waals surface area contributed by atoms with Crippen LogP contribution in [0.3, 0.4) is 0 Å². The Morgan fingerprint density at radius 2 is 2.13 bits per heavy atom. The molecular formula is C10H20N2O2S. The van der Waals surface area contributed by atoms with Gasteiger partial charge in [0.25, 0.3) is 0 Å². The summed E-state index contributed by atoms with van der Waals surface area (Å²) in [7, 11) is -0.778. The quantitative estimate of drug-likeness (QED) is 0.720. The summed E-state index contributed by atoms with van der Waals surface area (Å²) in [6, 6.07) is 0.830. The van der Waals surface area contributed by atoms with Gasteiger partial charge in [0.1, 0.15) is 0 Å². The molecule has 0 aromatic heterocycles. The molecule has 2 saturated heterocycles. The van der Waals surface area contributed by atoms with Gasteiger partial charge in [0.15, 0.2) is 9.84 Å². The van der Waals surface area contributed by atoms with Crippen molar-refractivity contribution >= 4 is 9.84 Å². The van der Waals surface area contributed by atoms with Gasteiger partial charge < -0.3 is 5.32 Å². The molecular weight excluding hydrogens is 212 g/mol. The molecule has 0 aromatic rings. The molecule has 5 heteroatoms. The van der Waals surface area contributed by atoms with Gasteiger partial charge in [-0.05, 0) is 26.3 Å². The number of likely N-dealkylation sites (tertiary alicyclic amines) is 1. The fourth-order valence-corrected chi connectivity index (χ4v) is 4.38. The second-order valence-corrected chi connectivity index (χ2v) is 6.91. The lowest BCUT2D eigenvalue weighted by molar-refractivity contribution is 0.238. The first-order valence-electron chi connectivity index (χ1n) is 5.72. The first-order valence-corrected chi connectivity index (χ1v) is 7.54. The molecule has 88 valence electrons. The molecule has 15 heavy (non-hydrogen) atoms. The van der Waals surface area contributed by atoms with E-state index >= 15 is 0 Å². The van der Waals surface area contributed by atoms with Crippen molar-refractivity contribution in [2.75, 3.05) is 31.6 Å². The van der Waals surface area contributed by atoms with E-state index in [0.717, 1.165) is 32.4 Å². The Morgan fingerprint density at radius 3 is 2.73 bits per heavy atom. The van der Waals surface area contributed by atoms with Gasteiger partial charge in [0.05, 0.1) is 11.5 Å². The van der Waals surface area contributed by atoms with Crippen LogP contribution in [0.2, 0.25) is 0 Å². The molecule has 0 bridgehead atoms. The molecule has 0 radical (unpaired) electrons. The minimum absolute atomic E-state index is 0.280. The molecule has 2 heterocycles. The lowest BCUT2D eigenvalue weighted by Crippen LogP contribution is -2.43. The number of sulfone groups is 1. The highest BCUT2D eigenvalue weighted by Gasteiger charge is 2.32. The Balaban J connectivity index is 1.94. The second kappa shape index (κ2) is 4.39. The van der Waals surface area contributed by atoms with Crippen LogP contribution in [0, 0.1) is 0 Å². The monoisotopic (exact) mass is 232 g/mol. The summed E-state index contributed by atoms with van der Waals surface area (Å²) in [5.41, 5.74) is 0. The van der Waals surface area contributed by atoms with Gasteiger partial charge in [-0.2, -0.15) is 0 Å². The molecule has 2 unspecified atom stereocenters. The molecule has 2 rings (SSSR count). The zero-order valence-electron chi connectivity index (χ0n) is 9.28. The van der Waals surface area contributed by atoms with E-state index in [4.69, 9.17) is 0 Å². The van der Waals surface area contributed by atoms with Gasteiger partial charge in [-0.3, -0.25) is 4.90 Å². The van der Waals surface area contributed by atoms with Gasteiger partial charge in [-0.25, -0.2) is 8.42 Å². The summed E-state index contributed by atoms with van der Waals surface area (Å²) >= 11 is 0. The van der Waals surface area contributed by atoms with Crippen molar-refractivity contribution in [1.29, 1.82) is 0 Å². The fraction of sp³-hybridized carbons (Fsp3) is 1.00. The first kappa shape index (κ1) is 11.4. The Labute approximate surface area is 91.9 Å². The van der Waals surface area contributed by atoms with E-state index in [-0.39, 0.29) is 6.04 Å². The largest absolute Gasteiger partial charge is 0.316 e. The highest BCUT2D eigenvalue weighted by Crippen LogP contribution is 2.21. The molecule has 0 saturated carbocycles. The van der Waals surface area contributed by atoms with Crippen LogP contribution in [0.15, 0.2) is 0 Å². The lowest BCUT2D eigenvalue weighted by atomic mass is 10.1. The van der Waals surface area contributed by atoms with Crippen LogP contribution < -0.4 is 5.32 Å². The van der Waals surface area contributed by atoms with E-state index in [0.29, 0.717) is 17.5 Å². The molecule has 2 fully saturated rings. The van der Waals surface area contributed by atoms with Crippen LogP contribution in [-0.4, -0.2) is 57.0 Å². The van der Waals surface area contributed by atoms with Crippen LogP contribution in [0.25, 0.3) is 0 Å². The van der Waals surface area contributed by atoms with E-state index in [1.807, 2.05) is 7.05 Å². The number of nitrogens with one attached hydrogen (secondary N) is 1. The molecule has 0 amide bonds. The maximum atomic E-state index is 11.5. The van der Waals surface area contributed by atoms with Gasteiger partial charge in [-0.15, -0.1) is 0 Å². The van der Waals surface area contributed by atoms with E-state index in [9.17, 15) is 8.42 Å². The van der Waals surface area contributed by atoms with Gasteiger partial charge in [0, 0.05) is 25.2 Å². The fourth-order valence-electron chi connectivity index (χ4n) is 2.64.